The predicted octanol–water partition coefficient (Wildman–Crippen LogP) is 3.21. The summed E-state index contributed by atoms with van der Waals surface area (Å²) < 4.78 is 27.0. The summed E-state index contributed by atoms with van der Waals surface area (Å²) in [6.07, 6.45) is 1.47. The number of carbonyl (C=O) groups is 1. The van der Waals surface area contributed by atoms with Gasteiger partial charge in [0.2, 0.25) is 0 Å². The van der Waals surface area contributed by atoms with Crippen molar-refractivity contribution in [2.75, 3.05) is 13.1 Å². The summed E-state index contributed by atoms with van der Waals surface area (Å²) in [6.45, 7) is 1.04. The van der Waals surface area contributed by atoms with Gasteiger partial charge < -0.3 is 4.90 Å². The van der Waals surface area contributed by atoms with Crippen molar-refractivity contribution in [1.82, 2.24) is 4.90 Å². The Balaban J connectivity index is 1.83. The van der Waals surface area contributed by atoms with Gasteiger partial charge in [-0.3, -0.25) is 4.79 Å². The number of amides is 1. The van der Waals surface area contributed by atoms with E-state index in [0.29, 0.717) is 13.1 Å². The lowest BCUT2D eigenvalue weighted by Gasteiger charge is -2.20. The number of hydrogen-bond donors (Lipinski definition) is 0. The summed E-state index contributed by atoms with van der Waals surface area (Å²) in [4.78, 5) is 14.0. The number of benzene rings is 2. The lowest BCUT2D eigenvalue weighted by molar-refractivity contribution is 0.0757. The number of halogens is 2. The van der Waals surface area contributed by atoms with Gasteiger partial charge in [0, 0.05) is 13.1 Å². The number of rotatable bonds is 1. The van der Waals surface area contributed by atoms with E-state index in [2.05, 4.69) is 0 Å². The zero-order valence-corrected chi connectivity index (χ0v) is 11.5. The minimum absolute atomic E-state index is 0.194. The van der Waals surface area contributed by atoms with E-state index < -0.39 is 17.5 Å². The van der Waals surface area contributed by atoms with E-state index in [1.165, 1.54) is 23.3 Å². The lowest BCUT2D eigenvalue weighted by atomic mass is 10.0. The molecule has 1 amide bonds. The van der Waals surface area contributed by atoms with Gasteiger partial charge in [0.1, 0.15) is 0 Å². The van der Waals surface area contributed by atoms with E-state index in [1.807, 2.05) is 24.3 Å². The number of carbonyl (C=O) groups excluding carboxylic acids is 1. The zero-order valence-electron chi connectivity index (χ0n) is 11.5. The van der Waals surface area contributed by atoms with Crippen LogP contribution in [0.4, 0.5) is 8.78 Å². The third kappa shape index (κ3) is 2.66. The smallest absolute Gasteiger partial charge is 0.256 e. The Labute approximate surface area is 122 Å². The second-order valence-electron chi connectivity index (χ2n) is 5.16. The van der Waals surface area contributed by atoms with Crippen LogP contribution in [0.3, 0.4) is 0 Å². The molecule has 2 aromatic rings. The summed E-state index contributed by atoms with van der Waals surface area (Å²) in [5.74, 6) is -2.50. The zero-order chi connectivity index (χ0) is 14.8. The minimum Gasteiger partial charge on any atom is -0.338 e. The fourth-order valence-corrected chi connectivity index (χ4v) is 2.71. The van der Waals surface area contributed by atoms with E-state index in [0.717, 1.165) is 18.9 Å². The van der Waals surface area contributed by atoms with Gasteiger partial charge in [-0.2, -0.15) is 0 Å². The third-order valence-corrected chi connectivity index (χ3v) is 3.89. The van der Waals surface area contributed by atoms with E-state index >= 15 is 0 Å². The molecule has 0 N–H and O–H groups in total. The van der Waals surface area contributed by atoms with Crippen LogP contribution in [0.1, 0.15) is 21.5 Å². The Morgan fingerprint density at radius 3 is 2.14 bits per heavy atom. The minimum atomic E-state index is -1.07. The second-order valence-corrected chi connectivity index (χ2v) is 5.16. The monoisotopic (exact) mass is 287 g/mol. The molecule has 0 fully saturated rings. The van der Waals surface area contributed by atoms with Crippen molar-refractivity contribution in [3.05, 3.63) is 70.8 Å². The van der Waals surface area contributed by atoms with Crippen LogP contribution in [-0.4, -0.2) is 23.9 Å². The van der Waals surface area contributed by atoms with Gasteiger partial charge in [-0.05, 0) is 36.1 Å². The Morgan fingerprint density at radius 2 is 1.52 bits per heavy atom. The predicted molar refractivity (Wildman–Crippen MR) is 76.1 cm³/mol. The molecule has 108 valence electrons. The van der Waals surface area contributed by atoms with Crippen molar-refractivity contribution in [3.63, 3.8) is 0 Å². The largest absolute Gasteiger partial charge is 0.338 e. The van der Waals surface area contributed by atoms with Gasteiger partial charge in [-0.1, -0.05) is 30.3 Å². The van der Waals surface area contributed by atoms with Crippen LogP contribution in [0.5, 0.6) is 0 Å². The van der Waals surface area contributed by atoms with E-state index in [1.54, 1.807) is 4.90 Å². The summed E-state index contributed by atoms with van der Waals surface area (Å²) in [5, 5.41) is 0. The third-order valence-electron chi connectivity index (χ3n) is 3.89. The highest BCUT2D eigenvalue weighted by Gasteiger charge is 2.23. The Bertz CT molecular complexity index is 657. The number of nitrogens with zero attached hydrogens (tertiary/aromatic N) is 1. The van der Waals surface area contributed by atoms with Crippen LogP contribution in [0.25, 0.3) is 0 Å². The maximum atomic E-state index is 13.7. The van der Waals surface area contributed by atoms with Crippen LogP contribution in [0.2, 0.25) is 0 Å². The molecule has 3 rings (SSSR count). The highest BCUT2D eigenvalue weighted by Crippen LogP contribution is 2.19. The van der Waals surface area contributed by atoms with Gasteiger partial charge in [0.15, 0.2) is 11.6 Å². The maximum absolute atomic E-state index is 13.7. The molecule has 2 aromatic carbocycles. The van der Waals surface area contributed by atoms with Crippen molar-refractivity contribution in [1.29, 1.82) is 0 Å². The molecule has 1 aliphatic rings. The first kappa shape index (κ1) is 13.7. The molecule has 0 atom stereocenters. The Kier molecular flexibility index (Phi) is 3.69. The molecule has 1 heterocycles. The van der Waals surface area contributed by atoms with Crippen LogP contribution in [0, 0.1) is 11.6 Å². The van der Waals surface area contributed by atoms with Crippen LogP contribution in [-0.2, 0) is 12.8 Å². The normalized spacial score (nSPS) is 14.5. The lowest BCUT2D eigenvalue weighted by Crippen LogP contribution is -2.34. The first-order chi connectivity index (χ1) is 10.2. The first-order valence-corrected chi connectivity index (χ1v) is 6.97. The molecule has 0 unspecified atom stereocenters. The van der Waals surface area contributed by atoms with Crippen molar-refractivity contribution in [2.24, 2.45) is 0 Å². The molecular weight excluding hydrogens is 272 g/mol. The summed E-state index contributed by atoms with van der Waals surface area (Å²) in [6, 6.07) is 11.8. The number of hydrogen-bond acceptors (Lipinski definition) is 1. The maximum Gasteiger partial charge on any atom is 0.256 e. The first-order valence-electron chi connectivity index (χ1n) is 6.97. The highest BCUT2D eigenvalue weighted by atomic mass is 19.2. The molecule has 0 bridgehead atoms. The van der Waals surface area contributed by atoms with E-state index in [4.69, 9.17) is 0 Å². The van der Waals surface area contributed by atoms with E-state index in [9.17, 15) is 13.6 Å². The van der Waals surface area contributed by atoms with Crippen molar-refractivity contribution < 1.29 is 13.6 Å². The summed E-state index contributed by atoms with van der Waals surface area (Å²) >= 11 is 0. The molecule has 1 aliphatic heterocycles. The SMILES string of the molecule is O=C(c1cccc(F)c1F)N1CCc2ccccc2CC1. The van der Waals surface area contributed by atoms with Crippen molar-refractivity contribution in [2.45, 2.75) is 12.8 Å². The fourth-order valence-electron chi connectivity index (χ4n) is 2.71. The van der Waals surface area contributed by atoms with Crippen LogP contribution >= 0.6 is 0 Å². The molecule has 0 aliphatic carbocycles. The molecule has 0 radical (unpaired) electrons. The van der Waals surface area contributed by atoms with Gasteiger partial charge in [-0.25, -0.2) is 8.78 Å². The van der Waals surface area contributed by atoms with Gasteiger partial charge in [0.25, 0.3) is 5.91 Å². The summed E-state index contributed by atoms with van der Waals surface area (Å²) in [7, 11) is 0. The molecular formula is C17H15F2NO. The molecule has 4 heteroatoms. The Hall–Kier alpha value is -2.23. The molecule has 0 saturated carbocycles. The molecule has 0 spiro atoms. The molecule has 2 nitrogen and oxygen atoms in total. The fraction of sp³-hybridized carbons (Fsp3) is 0.235. The standard InChI is InChI=1S/C17H15F2NO/c18-15-7-3-6-14(16(15)19)17(21)20-10-8-12-4-1-2-5-13(12)9-11-20/h1-7H,8-11H2. The van der Waals surface area contributed by atoms with E-state index in [-0.39, 0.29) is 5.56 Å². The molecule has 0 saturated heterocycles. The van der Waals surface area contributed by atoms with Gasteiger partial charge in [-0.15, -0.1) is 0 Å². The van der Waals surface area contributed by atoms with Gasteiger partial charge in [0.05, 0.1) is 5.56 Å². The second kappa shape index (κ2) is 5.64. The highest BCUT2D eigenvalue weighted by molar-refractivity contribution is 5.94. The quantitative estimate of drug-likeness (QED) is 0.788. The average molecular weight is 287 g/mol. The molecule has 21 heavy (non-hydrogen) atoms. The Morgan fingerprint density at radius 1 is 0.905 bits per heavy atom. The number of fused-ring (bicyclic) bond motifs is 1. The average Bonchev–Trinajstić information content (AvgIpc) is 2.72. The summed E-state index contributed by atoms with van der Waals surface area (Å²) in [5.41, 5.74) is 2.24. The topological polar surface area (TPSA) is 20.3 Å². The van der Waals surface area contributed by atoms with Gasteiger partial charge >= 0.3 is 0 Å². The van der Waals surface area contributed by atoms with Crippen LogP contribution in [0.15, 0.2) is 42.5 Å². The van der Waals surface area contributed by atoms with Crippen LogP contribution < -0.4 is 0 Å². The van der Waals surface area contributed by atoms with Crippen molar-refractivity contribution >= 4 is 5.91 Å². The molecule has 0 aromatic heterocycles. The van der Waals surface area contributed by atoms with Crippen molar-refractivity contribution in [3.8, 4) is 0 Å².